The van der Waals surface area contributed by atoms with E-state index in [1.807, 2.05) is 0 Å². The highest BCUT2D eigenvalue weighted by Gasteiger charge is 2.18. The third-order valence-corrected chi connectivity index (χ3v) is 4.93. The summed E-state index contributed by atoms with van der Waals surface area (Å²) in [5.74, 6) is -1.56. The van der Waals surface area contributed by atoms with E-state index in [4.69, 9.17) is 16.7 Å². The number of aryl methyl sites for hydroxylation is 1. The molecule has 0 unspecified atom stereocenters. The first-order valence-electron chi connectivity index (χ1n) is 4.89. The van der Waals surface area contributed by atoms with Gasteiger partial charge in [0.2, 0.25) is 0 Å². The van der Waals surface area contributed by atoms with Gasteiger partial charge in [-0.1, -0.05) is 11.6 Å². The predicted octanol–water partition coefficient (Wildman–Crippen LogP) is 4.98. The highest BCUT2D eigenvalue weighted by atomic mass is 79.9. The van der Waals surface area contributed by atoms with Crippen LogP contribution >= 0.6 is 38.9 Å². The fraction of sp³-hybridized carbons (Fsp3) is 0.0833. The molecule has 0 bridgehead atoms. The molecule has 0 aliphatic carbocycles. The molecule has 1 aromatic carbocycles. The van der Waals surface area contributed by atoms with Crippen LogP contribution in [0.1, 0.15) is 15.2 Å². The van der Waals surface area contributed by atoms with E-state index in [1.165, 1.54) is 6.07 Å². The second-order valence-electron chi connectivity index (χ2n) is 3.65. The summed E-state index contributed by atoms with van der Waals surface area (Å²) in [4.78, 5) is 11.7. The Hall–Kier alpha value is -0.910. The van der Waals surface area contributed by atoms with Crippen molar-refractivity contribution in [3.05, 3.63) is 44.0 Å². The van der Waals surface area contributed by atoms with E-state index >= 15 is 0 Å². The zero-order valence-electron chi connectivity index (χ0n) is 9.13. The number of aromatic carboxylic acids is 1. The van der Waals surface area contributed by atoms with Gasteiger partial charge in [0.25, 0.3) is 0 Å². The van der Waals surface area contributed by atoms with Gasteiger partial charge in [0, 0.05) is 14.9 Å². The maximum absolute atomic E-state index is 14.0. The first-order valence-corrected chi connectivity index (χ1v) is 6.88. The summed E-state index contributed by atoms with van der Waals surface area (Å²) in [6.45, 7) is 1.74. The van der Waals surface area contributed by atoms with E-state index in [2.05, 4.69) is 15.9 Å². The number of carboxylic acid groups (broad SMARTS) is 1. The number of carboxylic acids is 1. The van der Waals surface area contributed by atoms with Gasteiger partial charge in [0.05, 0.1) is 5.02 Å². The molecule has 0 saturated carbocycles. The average molecular weight is 350 g/mol. The van der Waals surface area contributed by atoms with Crippen molar-refractivity contribution < 1.29 is 14.3 Å². The third-order valence-electron chi connectivity index (χ3n) is 2.41. The molecule has 1 heterocycles. The monoisotopic (exact) mass is 348 g/mol. The first-order chi connectivity index (χ1) is 8.41. The summed E-state index contributed by atoms with van der Waals surface area (Å²) < 4.78 is 14.5. The maximum Gasteiger partial charge on any atom is 0.345 e. The average Bonchev–Trinajstić information content (AvgIpc) is 2.69. The Morgan fingerprint density at radius 3 is 2.72 bits per heavy atom. The molecule has 6 heteroatoms. The molecule has 0 saturated heterocycles. The smallest absolute Gasteiger partial charge is 0.345 e. The van der Waals surface area contributed by atoms with Crippen molar-refractivity contribution in [2.75, 3.05) is 0 Å². The van der Waals surface area contributed by atoms with Crippen LogP contribution in [0.3, 0.4) is 0 Å². The van der Waals surface area contributed by atoms with E-state index < -0.39 is 11.8 Å². The number of thiophene rings is 1. The van der Waals surface area contributed by atoms with Crippen molar-refractivity contribution in [2.45, 2.75) is 6.92 Å². The normalized spacial score (nSPS) is 10.7. The van der Waals surface area contributed by atoms with Crippen LogP contribution in [0.25, 0.3) is 10.4 Å². The zero-order chi connectivity index (χ0) is 13.4. The lowest BCUT2D eigenvalue weighted by Gasteiger charge is -2.05. The Bertz CT molecular complexity index is 639. The number of halogens is 3. The molecule has 94 valence electrons. The summed E-state index contributed by atoms with van der Waals surface area (Å²) >= 11 is 9.99. The van der Waals surface area contributed by atoms with Crippen LogP contribution < -0.4 is 0 Å². The van der Waals surface area contributed by atoms with Gasteiger partial charge in [-0.15, -0.1) is 11.3 Å². The standard InChI is InChI=1S/C12H7BrClFO2S/c1-5-4-8(12(16)17)18-11(5)6-2-3-7(13)9(14)10(6)15/h2-4H,1H3,(H,16,17). The summed E-state index contributed by atoms with van der Waals surface area (Å²) in [5.41, 5.74) is 1.04. The van der Waals surface area contributed by atoms with E-state index in [0.29, 0.717) is 14.9 Å². The second kappa shape index (κ2) is 4.99. The van der Waals surface area contributed by atoms with Gasteiger partial charge < -0.3 is 5.11 Å². The minimum absolute atomic E-state index is 0.00262. The third kappa shape index (κ3) is 2.30. The van der Waals surface area contributed by atoms with Gasteiger partial charge >= 0.3 is 5.97 Å². The topological polar surface area (TPSA) is 37.3 Å². The molecule has 0 aliphatic rings. The Labute approximate surface area is 120 Å². The second-order valence-corrected chi connectivity index (χ2v) is 5.94. The van der Waals surface area contributed by atoms with E-state index in [-0.39, 0.29) is 9.90 Å². The van der Waals surface area contributed by atoms with Gasteiger partial charge in [-0.3, -0.25) is 0 Å². The molecule has 1 N–H and O–H groups in total. The van der Waals surface area contributed by atoms with Crippen LogP contribution in [0.5, 0.6) is 0 Å². The molecular formula is C12H7BrClFO2S. The number of carbonyl (C=O) groups is 1. The van der Waals surface area contributed by atoms with Crippen LogP contribution in [0, 0.1) is 12.7 Å². The Balaban J connectivity index is 2.62. The van der Waals surface area contributed by atoms with Crippen molar-refractivity contribution in [2.24, 2.45) is 0 Å². The van der Waals surface area contributed by atoms with Gasteiger partial charge in [-0.2, -0.15) is 0 Å². The highest BCUT2D eigenvalue weighted by Crippen LogP contribution is 2.38. The molecule has 0 fully saturated rings. The number of hydrogen-bond donors (Lipinski definition) is 1. The van der Waals surface area contributed by atoms with Crippen LogP contribution in [0.15, 0.2) is 22.7 Å². The van der Waals surface area contributed by atoms with Crippen LogP contribution in [0.2, 0.25) is 5.02 Å². The lowest BCUT2D eigenvalue weighted by molar-refractivity contribution is 0.0702. The van der Waals surface area contributed by atoms with Crippen molar-refractivity contribution in [3.8, 4) is 10.4 Å². The van der Waals surface area contributed by atoms with Gasteiger partial charge in [-0.05, 0) is 46.6 Å². The molecule has 0 radical (unpaired) electrons. The Morgan fingerprint density at radius 2 is 2.17 bits per heavy atom. The summed E-state index contributed by atoms with van der Waals surface area (Å²) in [7, 11) is 0. The number of rotatable bonds is 2. The van der Waals surface area contributed by atoms with Crippen molar-refractivity contribution >= 4 is 44.8 Å². The van der Waals surface area contributed by atoms with Crippen molar-refractivity contribution in [1.82, 2.24) is 0 Å². The van der Waals surface area contributed by atoms with Crippen LogP contribution in [-0.4, -0.2) is 11.1 Å². The van der Waals surface area contributed by atoms with Crippen molar-refractivity contribution in [1.29, 1.82) is 0 Å². The first kappa shape index (κ1) is 13.5. The van der Waals surface area contributed by atoms with E-state index in [0.717, 1.165) is 16.9 Å². The van der Waals surface area contributed by atoms with Gasteiger partial charge in [0.1, 0.15) is 4.88 Å². The molecule has 1 aromatic heterocycles. The molecular weight excluding hydrogens is 343 g/mol. The lowest BCUT2D eigenvalue weighted by atomic mass is 10.1. The minimum atomic E-state index is -1.02. The number of benzene rings is 1. The lowest BCUT2D eigenvalue weighted by Crippen LogP contribution is -1.89. The molecule has 0 amide bonds. The molecule has 18 heavy (non-hydrogen) atoms. The highest BCUT2D eigenvalue weighted by molar-refractivity contribution is 9.10. The Morgan fingerprint density at radius 1 is 1.50 bits per heavy atom. The molecule has 0 spiro atoms. The predicted molar refractivity (Wildman–Crippen MR) is 74.1 cm³/mol. The Kier molecular flexibility index (Phi) is 3.75. The SMILES string of the molecule is Cc1cc(C(=O)O)sc1-c1ccc(Br)c(Cl)c1F. The summed E-state index contributed by atoms with van der Waals surface area (Å²) in [6.07, 6.45) is 0. The molecule has 0 aliphatic heterocycles. The fourth-order valence-corrected chi connectivity index (χ4v) is 3.06. The molecule has 2 nitrogen and oxygen atoms in total. The summed E-state index contributed by atoms with van der Waals surface area (Å²) in [6, 6.07) is 4.74. The molecule has 0 atom stereocenters. The van der Waals surface area contributed by atoms with Crippen LogP contribution in [-0.2, 0) is 0 Å². The molecule has 2 rings (SSSR count). The minimum Gasteiger partial charge on any atom is -0.477 e. The summed E-state index contributed by atoms with van der Waals surface area (Å²) in [5, 5.41) is 8.92. The fourth-order valence-electron chi connectivity index (χ4n) is 1.56. The number of hydrogen-bond acceptors (Lipinski definition) is 2. The van der Waals surface area contributed by atoms with Gasteiger partial charge in [-0.25, -0.2) is 9.18 Å². The molecule has 2 aromatic rings. The van der Waals surface area contributed by atoms with E-state index in [1.54, 1.807) is 19.1 Å². The van der Waals surface area contributed by atoms with Crippen molar-refractivity contribution in [3.63, 3.8) is 0 Å². The quantitative estimate of drug-likeness (QED) is 0.777. The van der Waals surface area contributed by atoms with Crippen LogP contribution in [0.4, 0.5) is 4.39 Å². The largest absolute Gasteiger partial charge is 0.477 e. The zero-order valence-corrected chi connectivity index (χ0v) is 12.3. The van der Waals surface area contributed by atoms with Gasteiger partial charge in [0.15, 0.2) is 5.82 Å². The van der Waals surface area contributed by atoms with E-state index in [9.17, 15) is 9.18 Å². The maximum atomic E-state index is 14.0.